The highest BCUT2D eigenvalue weighted by Gasteiger charge is 2.41. The van der Waals surface area contributed by atoms with E-state index >= 15 is 0 Å². The van der Waals surface area contributed by atoms with Gasteiger partial charge in [-0.25, -0.2) is 0 Å². The van der Waals surface area contributed by atoms with Crippen molar-refractivity contribution in [2.45, 2.75) is 52.9 Å². The van der Waals surface area contributed by atoms with Gasteiger partial charge in [0.25, 0.3) is 0 Å². The quantitative estimate of drug-likeness (QED) is 0.586. The Bertz CT molecular complexity index is 591. The van der Waals surface area contributed by atoms with Gasteiger partial charge in [-0.1, -0.05) is 71.6 Å². The fraction of sp³-hybridized carbons (Fsp3) is 0.500. The monoisotopic (exact) mass is 344 g/mol. The van der Waals surface area contributed by atoms with Crippen molar-refractivity contribution in [2.75, 3.05) is 0 Å². The summed E-state index contributed by atoms with van der Waals surface area (Å²) in [4.78, 5) is 0. The maximum absolute atomic E-state index is 3.84. The third kappa shape index (κ3) is 2.77. The first kappa shape index (κ1) is 15.1. The molecule has 21 heavy (non-hydrogen) atoms. The number of halogens is 1. The summed E-state index contributed by atoms with van der Waals surface area (Å²) in [6.45, 7) is 7.02. The highest BCUT2D eigenvalue weighted by Crippen LogP contribution is 2.54. The van der Waals surface area contributed by atoms with E-state index in [4.69, 9.17) is 0 Å². The Hall–Kier alpha value is -0.820. The van der Waals surface area contributed by atoms with Crippen LogP contribution in [0.25, 0.3) is 0 Å². The third-order valence-electron chi connectivity index (χ3n) is 5.65. The molecule has 0 aromatic heterocycles. The molecule has 2 aliphatic carbocycles. The second-order valence-corrected chi connectivity index (χ2v) is 7.96. The van der Waals surface area contributed by atoms with E-state index in [1.165, 1.54) is 41.3 Å². The third-order valence-corrected chi connectivity index (χ3v) is 6.56. The molecule has 1 aromatic carbocycles. The van der Waals surface area contributed by atoms with Crippen molar-refractivity contribution in [1.82, 2.24) is 0 Å². The summed E-state index contributed by atoms with van der Waals surface area (Å²) in [6, 6.07) is 9.02. The van der Waals surface area contributed by atoms with Gasteiger partial charge in [0, 0.05) is 0 Å². The van der Waals surface area contributed by atoms with E-state index < -0.39 is 0 Å². The Morgan fingerprint density at radius 2 is 1.90 bits per heavy atom. The first-order chi connectivity index (χ1) is 10.0. The van der Waals surface area contributed by atoms with Gasteiger partial charge in [-0.2, -0.15) is 0 Å². The molecule has 2 unspecified atom stereocenters. The van der Waals surface area contributed by atoms with Gasteiger partial charge in [-0.15, -0.1) is 0 Å². The number of fused-ring (bicyclic) bond motifs is 1. The second-order valence-electron chi connectivity index (χ2n) is 7.04. The summed E-state index contributed by atoms with van der Waals surface area (Å²) < 4.78 is 1.39. The van der Waals surface area contributed by atoms with Crippen molar-refractivity contribution in [3.8, 4) is 0 Å². The predicted octanol–water partition coefficient (Wildman–Crippen LogP) is 6.34. The van der Waals surface area contributed by atoms with Crippen molar-refractivity contribution >= 4 is 15.9 Å². The van der Waals surface area contributed by atoms with Crippen molar-refractivity contribution < 1.29 is 0 Å². The van der Waals surface area contributed by atoms with Crippen LogP contribution >= 0.6 is 15.9 Å². The molecule has 0 amide bonds. The minimum absolute atomic E-state index is 0.367. The summed E-state index contributed by atoms with van der Waals surface area (Å²) in [5.41, 5.74) is 6.43. The first-order valence-corrected chi connectivity index (χ1v) is 8.95. The molecule has 112 valence electrons. The maximum atomic E-state index is 3.84. The molecular weight excluding hydrogens is 320 g/mol. The zero-order valence-electron chi connectivity index (χ0n) is 13.4. The van der Waals surface area contributed by atoms with Crippen LogP contribution in [0.4, 0.5) is 0 Å². The molecule has 0 saturated heterocycles. The van der Waals surface area contributed by atoms with Crippen LogP contribution < -0.4 is 0 Å². The minimum Gasteiger partial charge on any atom is -0.0601 e. The van der Waals surface area contributed by atoms with E-state index in [0.29, 0.717) is 11.3 Å². The summed E-state index contributed by atoms with van der Waals surface area (Å²) in [6.07, 6.45) is 8.85. The SMILES string of the molecule is Cc1ccc(CC2=C3CCCCC3(C)C(C)C(Br)=C2)cc1. The van der Waals surface area contributed by atoms with Crippen molar-refractivity contribution in [1.29, 1.82) is 0 Å². The van der Waals surface area contributed by atoms with E-state index in [1.807, 2.05) is 0 Å². The molecule has 0 spiro atoms. The van der Waals surface area contributed by atoms with Gasteiger partial charge in [0.15, 0.2) is 0 Å². The normalized spacial score (nSPS) is 29.1. The van der Waals surface area contributed by atoms with E-state index in [2.05, 4.69) is 67.0 Å². The summed E-state index contributed by atoms with van der Waals surface area (Å²) in [5.74, 6) is 0.620. The lowest BCUT2D eigenvalue weighted by Crippen LogP contribution is -2.34. The smallest absolute Gasteiger partial charge is 0.000965 e. The van der Waals surface area contributed by atoms with Crippen LogP contribution in [0.3, 0.4) is 0 Å². The van der Waals surface area contributed by atoms with Crippen molar-refractivity contribution in [3.05, 3.63) is 57.1 Å². The van der Waals surface area contributed by atoms with E-state index in [9.17, 15) is 0 Å². The van der Waals surface area contributed by atoms with Crippen LogP contribution in [-0.4, -0.2) is 0 Å². The molecule has 1 heteroatoms. The topological polar surface area (TPSA) is 0 Å². The Morgan fingerprint density at radius 1 is 1.19 bits per heavy atom. The van der Waals surface area contributed by atoms with Gasteiger partial charge in [-0.3, -0.25) is 0 Å². The molecule has 0 aliphatic heterocycles. The zero-order chi connectivity index (χ0) is 15.0. The minimum atomic E-state index is 0.367. The molecule has 1 aromatic rings. The summed E-state index contributed by atoms with van der Waals surface area (Å²) in [5, 5.41) is 0. The predicted molar refractivity (Wildman–Crippen MR) is 94.7 cm³/mol. The lowest BCUT2D eigenvalue weighted by atomic mass is 9.61. The van der Waals surface area contributed by atoms with Crippen LogP contribution in [0.5, 0.6) is 0 Å². The van der Waals surface area contributed by atoms with Gasteiger partial charge < -0.3 is 0 Å². The molecule has 0 bridgehead atoms. The Labute approximate surface area is 137 Å². The van der Waals surface area contributed by atoms with Crippen LogP contribution in [0.15, 0.2) is 46.0 Å². The lowest BCUT2D eigenvalue weighted by molar-refractivity contribution is 0.228. The van der Waals surface area contributed by atoms with Crippen LogP contribution in [0, 0.1) is 18.3 Å². The molecule has 1 saturated carbocycles. The standard InChI is InChI=1S/C20H25Br/c1-14-7-9-16(10-8-14)12-17-13-19(21)15(2)20(3)11-5-4-6-18(17)20/h7-10,13,15H,4-6,11-12H2,1-3H3. The Balaban J connectivity index is 1.98. The zero-order valence-corrected chi connectivity index (χ0v) is 15.0. The molecule has 1 fully saturated rings. The van der Waals surface area contributed by atoms with Gasteiger partial charge in [0.2, 0.25) is 0 Å². The molecular formula is C20H25Br. The lowest BCUT2D eigenvalue weighted by Gasteiger charge is -2.45. The Morgan fingerprint density at radius 3 is 2.62 bits per heavy atom. The van der Waals surface area contributed by atoms with Crippen molar-refractivity contribution in [2.24, 2.45) is 11.3 Å². The highest BCUT2D eigenvalue weighted by molar-refractivity contribution is 9.11. The molecule has 2 atom stereocenters. The van der Waals surface area contributed by atoms with Crippen LogP contribution in [0.1, 0.15) is 50.7 Å². The molecule has 2 aliphatic rings. The number of hydrogen-bond acceptors (Lipinski definition) is 0. The number of hydrogen-bond donors (Lipinski definition) is 0. The van der Waals surface area contributed by atoms with E-state index in [0.717, 1.165) is 6.42 Å². The van der Waals surface area contributed by atoms with Crippen LogP contribution in [-0.2, 0) is 6.42 Å². The largest absolute Gasteiger partial charge is 0.0601 e. The van der Waals surface area contributed by atoms with Crippen LogP contribution in [0.2, 0.25) is 0 Å². The molecule has 3 rings (SSSR count). The second kappa shape index (κ2) is 5.76. The number of aryl methyl sites for hydroxylation is 1. The number of allylic oxidation sites excluding steroid dienone is 4. The van der Waals surface area contributed by atoms with Crippen molar-refractivity contribution in [3.63, 3.8) is 0 Å². The van der Waals surface area contributed by atoms with E-state index in [1.54, 1.807) is 11.1 Å². The average molecular weight is 345 g/mol. The fourth-order valence-electron chi connectivity index (χ4n) is 4.00. The van der Waals surface area contributed by atoms with Gasteiger partial charge >= 0.3 is 0 Å². The summed E-state index contributed by atoms with van der Waals surface area (Å²) in [7, 11) is 0. The maximum Gasteiger partial charge on any atom is -0.000965 e. The highest BCUT2D eigenvalue weighted by atomic mass is 79.9. The number of benzene rings is 1. The number of rotatable bonds is 2. The van der Waals surface area contributed by atoms with Gasteiger partial charge in [0.05, 0.1) is 0 Å². The van der Waals surface area contributed by atoms with E-state index in [-0.39, 0.29) is 0 Å². The molecule has 0 heterocycles. The Kier molecular flexibility index (Phi) is 4.14. The first-order valence-electron chi connectivity index (χ1n) is 8.16. The molecule has 0 radical (unpaired) electrons. The fourth-order valence-corrected chi connectivity index (χ4v) is 4.78. The molecule has 0 nitrogen and oxygen atoms in total. The van der Waals surface area contributed by atoms with Gasteiger partial charge in [-0.05, 0) is 65.6 Å². The summed E-state index contributed by atoms with van der Waals surface area (Å²) >= 11 is 3.84. The molecule has 0 N–H and O–H groups in total. The van der Waals surface area contributed by atoms with Gasteiger partial charge in [0.1, 0.15) is 0 Å². The average Bonchev–Trinajstić information content (AvgIpc) is 2.47.